The van der Waals surface area contributed by atoms with Gasteiger partial charge in [0.25, 0.3) is 0 Å². The van der Waals surface area contributed by atoms with Gasteiger partial charge >= 0.3 is 0 Å². The molecule has 0 unspecified atom stereocenters. The van der Waals surface area contributed by atoms with Gasteiger partial charge < -0.3 is 14.8 Å². The first kappa shape index (κ1) is 16.5. The molecular weight excluding hydrogens is 294 g/mol. The van der Waals surface area contributed by atoms with Crippen molar-refractivity contribution >= 4 is 17.4 Å². The van der Waals surface area contributed by atoms with Crippen LogP contribution in [0.4, 0.5) is 5.69 Å². The molecule has 0 spiro atoms. The highest BCUT2D eigenvalue weighted by atomic mass is 16.5. The van der Waals surface area contributed by atoms with E-state index in [-0.39, 0.29) is 18.1 Å². The van der Waals surface area contributed by atoms with E-state index in [0.717, 1.165) is 5.56 Å². The lowest BCUT2D eigenvalue weighted by molar-refractivity contribution is -0.115. The predicted molar refractivity (Wildman–Crippen MR) is 88.3 cm³/mol. The smallest absolute Gasteiger partial charge is 0.228 e. The Balaban J connectivity index is 2.10. The minimum absolute atomic E-state index is 0.0436. The number of hydrogen-bond donors (Lipinski definition) is 1. The van der Waals surface area contributed by atoms with Gasteiger partial charge in [-0.3, -0.25) is 9.59 Å². The van der Waals surface area contributed by atoms with Crippen LogP contribution in [-0.4, -0.2) is 25.9 Å². The Bertz CT molecular complexity index is 725. The van der Waals surface area contributed by atoms with Crippen molar-refractivity contribution in [2.45, 2.75) is 13.3 Å². The SMILES string of the molecule is COc1ccc(CC(=O)Nc2cccc(C(C)=O)c2)c(OC)c1. The van der Waals surface area contributed by atoms with Crippen molar-refractivity contribution in [3.63, 3.8) is 0 Å². The molecule has 0 saturated carbocycles. The molecule has 0 aliphatic rings. The topological polar surface area (TPSA) is 64.6 Å². The maximum absolute atomic E-state index is 12.2. The van der Waals surface area contributed by atoms with Crippen LogP contribution in [0, 0.1) is 0 Å². The highest BCUT2D eigenvalue weighted by Crippen LogP contribution is 2.25. The van der Waals surface area contributed by atoms with Crippen molar-refractivity contribution in [1.29, 1.82) is 0 Å². The van der Waals surface area contributed by atoms with Crippen LogP contribution in [0.2, 0.25) is 0 Å². The summed E-state index contributed by atoms with van der Waals surface area (Å²) in [4.78, 5) is 23.6. The molecule has 0 aliphatic carbocycles. The van der Waals surface area contributed by atoms with Crippen molar-refractivity contribution in [3.05, 3.63) is 53.6 Å². The van der Waals surface area contributed by atoms with Crippen LogP contribution in [0.5, 0.6) is 11.5 Å². The average molecular weight is 313 g/mol. The van der Waals surface area contributed by atoms with Crippen molar-refractivity contribution in [2.75, 3.05) is 19.5 Å². The zero-order valence-corrected chi connectivity index (χ0v) is 13.4. The zero-order chi connectivity index (χ0) is 16.8. The van der Waals surface area contributed by atoms with E-state index in [9.17, 15) is 9.59 Å². The highest BCUT2D eigenvalue weighted by molar-refractivity contribution is 5.97. The Kier molecular flexibility index (Phi) is 5.36. The monoisotopic (exact) mass is 313 g/mol. The fourth-order valence-electron chi connectivity index (χ4n) is 2.19. The Morgan fingerprint density at radius 2 is 1.83 bits per heavy atom. The van der Waals surface area contributed by atoms with Gasteiger partial charge in [-0.15, -0.1) is 0 Å². The molecule has 120 valence electrons. The Morgan fingerprint density at radius 1 is 1.04 bits per heavy atom. The fourth-order valence-corrected chi connectivity index (χ4v) is 2.19. The van der Waals surface area contributed by atoms with Gasteiger partial charge in [-0.05, 0) is 25.1 Å². The van der Waals surface area contributed by atoms with Crippen molar-refractivity contribution in [1.82, 2.24) is 0 Å². The number of carbonyl (C=O) groups excluding carboxylic acids is 2. The lowest BCUT2D eigenvalue weighted by Gasteiger charge is -2.11. The number of Topliss-reactive ketones (excluding diaryl/α,β-unsaturated/α-hetero) is 1. The predicted octanol–water partition coefficient (Wildman–Crippen LogP) is 3.09. The van der Waals surface area contributed by atoms with Crippen molar-refractivity contribution < 1.29 is 19.1 Å². The zero-order valence-electron chi connectivity index (χ0n) is 13.4. The van der Waals surface area contributed by atoms with E-state index in [0.29, 0.717) is 22.7 Å². The summed E-state index contributed by atoms with van der Waals surface area (Å²) in [7, 11) is 3.12. The highest BCUT2D eigenvalue weighted by Gasteiger charge is 2.11. The maximum Gasteiger partial charge on any atom is 0.228 e. The third-order valence-electron chi connectivity index (χ3n) is 3.40. The number of ether oxygens (including phenoxy) is 2. The molecule has 0 bridgehead atoms. The van der Waals surface area contributed by atoms with Gasteiger partial charge in [0.15, 0.2) is 5.78 Å². The quantitative estimate of drug-likeness (QED) is 0.832. The molecule has 5 heteroatoms. The van der Waals surface area contributed by atoms with E-state index in [1.807, 2.05) is 0 Å². The third-order valence-corrected chi connectivity index (χ3v) is 3.40. The van der Waals surface area contributed by atoms with Gasteiger partial charge in [-0.2, -0.15) is 0 Å². The summed E-state index contributed by atoms with van der Waals surface area (Å²) in [5.41, 5.74) is 1.91. The Morgan fingerprint density at radius 3 is 2.48 bits per heavy atom. The summed E-state index contributed by atoms with van der Waals surface area (Å²) in [6.45, 7) is 1.49. The first-order valence-electron chi connectivity index (χ1n) is 7.15. The summed E-state index contributed by atoms with van der Waals surface area (Å²) < 4.78 is 10.4. The van der Waals surface area contributed by atoms with E-state index in [4.69, 9.17) is 9.47 Å². The normalized spacial score (nSPS) is 10.0. The second kappa shape index (κ2) is 7.45. The van der Waals surface area contributed by atoms with E-state index in [2.05, 4.69) is 5.32 Å². The van der Waals surface area contributed by atoms with Gasteiger partial charge in [0, 0.05) is 22.9 Å². The molecule has 1 N–H and O–H groups in total. The van der Waals surface area contributed by atoms with Gasteiger partial charge in [-0.1, -0.05) is 18.2 Å². The molecule has 0 atom stereocenters. The second-order valence-electron chi connectivity index (χ2n) is 5.04. The molecule has 0 aromatic heterocycles. The van der Waals surface area contributed by atoms with Crippen LogP contribution >= 0.6 is 0 Å². The minimum atomic E-state index is -0.186. The number of hydrogen-bond acceptors (Lipinski definition) is 4. The molecule has 0 fully saturated rings. The van der Waals surface area contributed by atoms with E-state index >= 15 is 0 Å². The molecule has 2 aromatic carbocycles. The van der Waals surface area contributed by atoms with Crippen LogP contribution < -0.4 is 14.8 Å². The number of amides is 1. The van der Waals surface area contributed by atoms with Gasteiger partial charge in [-0.25, -0.2) is 0 Å². The molecule has 1 amide bonds. The number of nitrogens with one attached hydrogen (secondary N) is 1. The van der Waals surface area contributed by atoms with E-state index < -0.39 is 0 Å². The third kappa shape index (κ3) is 4.32. The van der Waals surface area contributed by atoms with Crippen molar-refractivity contribution in [2.24, 2.45) is 0 Å². The van der Waals surface area contributed by atoms with E-state index in [1.54, 1.807) is 56.7 Å². The molecule has 0 radical (unpaired) electrons. The first-order chi connectivity index (χ1) is 11.0. The van der Waals surface area contributed by atoms with Crippen LogP contribution in [0.25, 0.3) is 0 Å². The lowest BCUT2D eigenvalue weighted by atomic mass is 10.1. The second-order valence-corrected chi connectivity index (χ2v) is 5.04. The summed E-state index contributed by atoms with van der Waals surface area (Å²) >= 11 is 0. The lowest BCUT2D eigenvalue weighted by Crippen LogP contribution is -2.15. The van der Waals surface area contributed by atoms with Crippen LogP contribution in [0.3, 0.4) is 0 Å². The molecule has 2 aromatic rings. The van der Waals surface area contributed by atoms with Crippen LogP contribution in [0.15, 0.2) is 42.5 Å². The van der Waals surface area contributed by atoms with Gasteiger partial charge in [0.2, 0.25) is 5.91 Å². The summed E-state index contributed by atoms with van der Waals surface area (Å²) in [6.07, 6.45) is 0.164. The number of ketones is 1. The summed E-state index contributed by atoms with van der Waals surface area (Å²) in [6, 6.07) is 12.2. The minimum Gasteiger partial charge on any atom is -0.497 e. The Labute approximate surface area is 135 Å². The maximum atomic E-state index is 12.2. The van der Waals surface area contributed by atoms with Crippen molar-refractivity contribution in [3.8, 4) is 11.5 Å². The molecule has 0 heterocycles. The largest absolute Gasteiger partial charge is 0.497 e. The molecule has 5 nitrogen and oxygen atoms in total. The van der Waals surface area contributed by atoms with Gasteiger partial charge in [0.1, 0.15) is 11.5 Å². The molecule has 2 rings (SSSR count). The summed E-state index contributed by atoms with van der Waals surface area (Å²) in [5.74, 6) is 1.03. The number of benzene rings is 2. The number of methoxy groups -OCH3 is 2. The number of carbonyl (C=O) groups is 2. The average Bonchev–Trinajstić information content (AvgIpc) is 2.55. The fraction of sp³-hybridized carbons (Fsp3) is 0.222. The molecule has 0 aliphatic heterocycles. The number of rotatable bonds is 6. The summed E-state index contributed by atoms with van der Waals surface area (Å²) in [5, 5.41) is 2.79. The van der Waals surface area contributed by atoms with E-state index in [1.165, 1.54) is 6.92 Å². The number of anilines is 1. The molecule has 23 heavy (non-hydrogen) atoms. The van der Waals surface area contributed by atoms with Crippen LogP contribution in [0.1, 0.15) is 22.8 Å². The first-order valence-corrected chi connectivity index (χ1v) is 7.15. The van der Waals surface area contributed by atoms with Gasteiger partial charge in [0.05, 0.1) is 20.6 Å². The Hall–Kier alpha value is -2.82. The van der Waals surface area contributed by atoms with Crippen LogP contribution in [-0.2, 0) is 11.2 Å². The molecular formula is C18H19NO4. The standard InChI is InChI=1S/C18H19NO4/c1-12(20)13-5-4-6-15(9-13)19-18(21)10-14-7-8-16(22-2)11-17(14)23-3/h4-9,11H,10H2,1-3H3,(H,19,21). The molecule has 0 saturated heterocycles.